The molecule has 0 aliphatic carbocycles. The fourth-order valence-corrected chi connectivity index (χ4v) is 5.04. The van der Waals surface area contributed by atoms with E-state index < -0.39 is 5.97 Å². The zero-order valence-corrected chi connectivity index (χ0v) is 24.0. The van der Waals surface area contributed by atoms with Crippen molar-refractivity contribution in [3.05, 3.63) is 101 Å². The highest BCUT2D eigenvalue weighted by Crippen LogP contribution is 2.42. The minimum absolute atomic E-state index is 0.186. The molecule has 10 heteroatoms. The number of rotatable bonds is 9. The third kappa shape index (κ3) is 5.32. The summed E-state index contributed by atoms with van der Waals surface area (Å²) in [6.45, 7) is 0. The van der Waals surface area contributed by atoms with Gasteiger partial charge in [-0.1, -0.05) is 36.4 Å². The predicted molar refractivity (Wildman–Crippen MR) is 168 cm³/mol. The number of hydrogen-bond donors (Lipinski definition) is 2. The minimum Gasteiger partial charge on any atom is -0.493 e. The number of hydrogen-bond acceptors (Lipinski definition) is 8. The Morgan fingerprint density at radius 3 is 2.00 bits per heavy atom. The zero-order chi connectivity index (χ0) is 30.8. The van der Waals surface area contributed by atoms with Gasteiger partial charge in [-0.15, -0.1) is 4.91 Å². The number of nitrogens with one attached hydrogen (secondary N) is 1. The number of H-pyrrole nitrogens is 1. The zero-order valence-electron chi connectivity index (χ0n) is 24.0. The summed E-state index contributed by atoms with van der Waals surface area (Å²) in [5.74, 6) is 1.13. The molecule has 4 aromatic carbocycles. The molecule has 0 saturated carbocycles. The van der Waals surface area contributed by atoms with E-state index in [1.165, 1.54) is 6.07 Å². The molecule has 0 aliphatic rings. The molecule has 0 atom stereocenters. The summed E-state index contributed by atoms with van der Waals surface area (Å²) in [7, 11) is 4.69. The Balaban J connectivity index is 1.45. The molecule has 0 aliphatic heterocycles. The van der Waals surface area contributed by atoms with E-state index in [2.05, 4.69) is 15.1 Å². The molecule has 0 amide bonds. The number of benzene rings is 4. The van der Waals surface area contributed by atoms with E-state index in [-0.39, 0.29) is 5.56 Å². The molecule has 10 nitrogen and oxygen atoms in total. The van der Waals surface area contributed by atoms with Crippen LogP contribution in [0.15, 0.2) is 96.2 Å². The van der Waals surface area contributed by atoms with Crippen molar-refractivity contribution in [3.8, 4) is 62.3 Å². The second-order valence-electron chi connectivity index (χ2n) is 9.88. The Hall–Kier alpha value is -6.03. The molecule has 0 saturated heterocycles. The molecule has 0 unspecified atom stereocenters. The molecular weight excluding hydrogens is 560 g/mol. The van der Waals surface area contributed by atoms with E-state index in [0.29, 0.717) is 51.2 Å². The summed E-state index contributed by atoms with van der Waals surface area (Å²) >= 11 is 0. The molecule has 0 radical (unpaired) electrons. The number of aromatic nitrogens is 3. The molecule has 218 valence electrons. The maximum absolute atomic E-state index is 11.4. The minimum atomic E-state index is -0.998. The number of carboxylic acids is 1. The molecular formula is C34H26N4O6. The van der Waals surface area contributed by atoms with Gasteiger partial charge >= 0.3 is 5.97 Å². The fraction of sp³-hybridized carbons (Fsp3) is 0.0882. The average molecular weight is 587 g/mol. The highest BCUT2D eigenvalue weighted by atomic mass is 16.5. The summed E-state index contributed by atoms with van der Waals surface area (Å²) < 4.78 is 16.7. The molecule has 2 heterocycles. The SMILES string of the molecule is COc1cc(-c2cc(-c3ccc(-c4nc5ccc(C(=O)O)cc5[nH]4)cc3)nc(-c3cccc(N=O)c3)c2)cc(OC)c1OC. The summed E-state index contributed by atoms with van der Waals surface area (Å²) in [6.07, 6.45) is 0. The molecule has 0 fully saturated rings. The van der Waals surface area contributed by atoms with Gasteiger partial charge in [0.25, 0.3) is 0 Å². The van der Waals surface area contributed by atoms with Gasteiger partial charge in [-0.05, 0) is 70.9 Å². The van der Waals surface area contributed by atoms with E-state index in [1.54, 1.807) is 51.7 Å². The lowest BCUT2D eigenvalue weighted by atomic mass is 9.98. The maximum atomic E-state index is 11.4. The second-order valence-corrected chi connectivity index (χ2v) is 9.88. The number of methoxy groups -OCH3 is 3. The first-order valence-electron chi connectivity index (χ1n) is 13.5. The van der Waals surface area contributed by atoms with Gasteiger partial charge in [-0.25, -0.2) is 14.8 Å². The van der Waals surface area contributed by atoms with E-state index in [1.807, 2.05) is 54.6 Å². The van der Waals surface area contributed by atoms with Crippen LogP contribution in [0.5, 0.6) is 17.2 Å². The van der Waals surface area contributed by atoms with Crippen LogP contribution < -0.4 is 14.2 Å². The summed E-state index contributed by atoms with van der Waals surface area (Å²) in [5.41, 5.74) is 7.19. The highest BCUT2D eigenvalue weighted by Gasteiger charge is 2.17. The van der Waals surface area contributed by atoms with Crippen LogP contribution >= 0.6 is 0 Å². The Morgan fingerprint density at radius 1 is 0.705 bits per heavy atom. The fourth-order valence-electron chi connectivity index (χ4n) is 5.04. The van der Waals surface area contributed by atoms with E-state index in [9.17, 15) is 14.8 Å². The highest BCUT2D eigenvalue weighted by molar-refractivity contribution is 5.93. The van der Waals surface area contributed by atoms with Gasteiger partial charge in [-0.3, -0.25) is 0 Å². The Bertz CT molecular complexity index is 2010. The largest absolute Gasteiger partial charge is 0.493 e. The summed E-state index contributed by atoms with van der Waals surface area (Å²) in [6, 6.07) is 27.1. The number of aromatic amines is 1. The maximum Gasteiger partial charge on any atom is 0.335 e. The number of carbonyl (C=O) groups is 1. The van der Waals surface area contributed by atoms with E-state index in [0.717, 1.165) is 27.8 Å². The Morgan fingerprint density at radius 2 is 1.36 bits per heavy atom. The molecule has 2 N–H and O–H groups in total. The first-order chi connectivity index (χ1) is 21.4. The number of ether oxygens (including phenoxy) is 3. The Kier molecular flexibility index (Phi) is 7.47. The van der Waals surface area contributed by atoms with Gasteiger partial charge in [0.2, 0.25) is 5.75 Å². The first kappa shape index (κ1) is 28.1. The third-order valence-corrected chi connectivity index (χ3v) is 7.25. The van der Waals surface area contributed by atoms with Gasteiger partial charge in [0.1, 0.15) is 11.5 Å². The van der Waals surface area contributed by atoms with Crippen LogP contribution in [-0.4, -0.2) is 47.4 Å². The first-order valence-corrected chi connectivity index (χ1v) is 13.5. The number of carboxylic acid groups (broad SMARTS) is 1. The molecule has 0 spiro atoms. The third-order valence-electron chi connectivity index (χ3n) is 7.25. The summed E-state index contributed by atoms with van der Waals surface area (Å²) in [4.78, 5) is 35.4. The van der Waals surface area contributed by atoms with Crippen LogP contribution in [0.25, 0.3) is 56.1 Å². The van der Waals surface area contributed by atoms with Gasteiger partial charge in [-0.2, -0.15) is 0 Å². The monoisotopic (exact) mass is 586 g/mol. The molecule has 6 rings (SSSR count). The quantitative estimate of drug-likeness (QED) is 0.164. The number of nitroso groups, excluding NO2 is 1. The topological polar surface area (TPSA) is 136 Å². The normalized spacial score (nSPS) is 10.9. The van der Waals surface area contributed by atoms with Crippen molar-refractivity contribution < 1.29 is 24.1 Å². The lowest BCUT2D eigenvalue weighted by molar-refractivity contribution is 0.0697. The van der Waals surface area contributed by atoms with Crippen molar-refractivity contribution in [2.24, 2.45) is 5.18 Å². The molecule has 0 bridgehead atoms. The van der Waals surface area contributed by atoms with Crippen LogP contribution in [0.1, 0.15) is 10.4 Å². The number of imidazole rings is 1. The summed E-state index contributed by atoms with van der Waals surface area (Å²) in [5, 5.41) is 12.4. The standard InChI is InChI=1S/C34H26N4O6/c1-42-30-17-24(18-31(43-2)32(30)44-3)23-15-27(35-28(16-23)21-5-4-6-25(13-21)38-41)19-7-9-20(10-8-19)33-36-26-12-11-22(34(39)40)14-29(26)37-33/h4-18H,1-3H3,(H,36,37)(H,39,40). The van der Waals surface area contributed by atoms with E-state index >= 15 is 0 Å². The van der Waals surface area contributed by atoms with Crippen molar-refractivity contribution in [1.82, 2.24) is 15.0 Å². The van der Waals surface area contributed by atoms with Crippen LogP contribution in [0, 0.1) is 4.91 Å². The number of nitrogens with zero attached hydrogens (tertiary/aromatic N) is 3. The number of fused-ring (bicyclic) bond motifs is 1. The van der Waals surface area contributed by atoms with Gasteiger partial charge < -0.3 is 24.3 Å². The lowest BCUT2D eigenvalue weighted by Crippen LogP contribution is -1.96. The van der Waals surface area contributed by atoms with Crippen molar-refractivity contribution in [1.29, 1.82) is 0 Å². The van der Waals surface area contributed by atoms with Crippen LogP contribution in [0.2, 0.25) is 0 Å². The molecule has 2 aromatic heterocycles. The van der Waals surface area contributed by atoms with Crippen molar-refractivity contribution in [2.45, 2.75) is 0 Å². The smallest absolute Gasteiger partial charge is 0.335 e. The molecule has 6 aromatic rings. The van der Waals surface area contributed by atoms with E-state index in [4.69, 9.17) is 19.2 Å². The Labute approximate surface area is 251 Å². The van der Waals surface area contributed by atoms with Crippen LogP contribution in [0.3, 0.4) is 0 Å². The van der Waals surface area contributed by atoms with Gasteiger partial charge in [0.15, 0.2) is 11.5 Å². The van der Waals surface area contributed by atoms with Crippen LogP contribution in [0.4, 0.5) is 5.69 Å². The average Bonchev–Trinajstić information content (AvgIpc) is 3.51. The predicted octanol–water partition coefficient (Wildman–Crippen LogP) is 7.75. The van der Waals surface area contributed by atoms with Crippen molar-refractivity contribution >= 4 is 22.7 Å². The lowest BCUT2D eigenvalue weighted by Gasteiger charge is -2.15. The van der Waals surface area contributed by atoms with Gasteiger partial charge in [0, 0.05) is 16.7 Å². The number of pyridine rings is 1. The van der Waals surface area contributed by atoms with Crippen LogP contribution in [-0.2, 0) is 0 Å². The second kappa shape index (κ2) is 11.7. The van der Waals surface area contributed by atoms with Crippen molar-refractivity contribution in [2.75, 3.05) is 21.3 Å². The van der Waals surface area contributed by atoms with Gasteiger partial charge in [0.05, 0.1) is 49.3 Å². The number of aromatic carboxylic acids is 1. The van der Waals surface area contributed by atoms with Crippen molar-refractivity contribution in [3.63, 3.8) is 0 Å². The molecule has 44 heavy (non-hydrogen) atoms.